The molecule has 0 aliphatic heterocycles. The largest absolute Gasteiger partial charge is 0.456 e. The number of hydrogen-bond acceptors (Lipinski definition) is 9. The predicted molar refractivity (Wildman–Crippen MR) is 264 cm³/mol. The lowest BCUT2D eigenvalue weighted by atomic mass is 10.1. The molecular weight excluding hydrogens is 849 g/mol. The summed E-state index contributed by atoms with van der Waals surface area (Å²) in [6.07, 6.45) is 17.5. The first-order valence-corrected chi connectivity index (χ1v) is 46.6. The number of rotatable bonds is 37. The molecule has 0 heterocycles. The Bertz CT molecular complexity index is 1050. The Hall–Kier alpha value is 1.38. The van der Waals surface area contributed by atoms with Gasteiger partial charge in [-0.15, -0.1) is 0 Å². The lowest BCUT2D eigenvalue weighted by Gasteiger charge is -2.46. The summed E-state index contributed by atoms with van der Waals surface area (Å²) >= 11 is 0. The Balaban J connectivity index is 6.49. The van der Waals surface area contributed by atoms with Gasteiger partial charge in [-0.05, 0) is 135 Å². The predicted octanol–water partition coefficient (Wildman–Crippen LogP) is 13.3. The van der Waals surface area contributed by atoms with Crippen molar-refractivity contribution in [3.8, 4) is 0 Å². The summed E-state index contributed by atoms with van der Waals surface area (Å²) in [6.45, 7) is 39.2. The van der Waals surface area contributed by atoms with E-state index in [1.165, 1.54) is 89.5 Å². The molecule has 0 amide bonds. The van der Waals surface area contributed by atoms with Gasteiger partial charge in [0, 0.05) is 6.61 Å². The van der Waals surface area contributed by atoms with Gasteiger partial charge < -0.3 is 39.6 Å². The molecule has 9 nitrogen and oxygen atoms in total. The second kappa shape index (κ2) is 27.5. The van der Waals surface area contributed by atoms with Crippen LogP contribution in [-0.4, -0.2) is 97.2 Å². The maximum absolute atomic E-state index is 9.34. The number of ether oxygens (including phenoxy) is 1. The zero-order valence-electron chi connectivity index (χ0n) is 40.9. The highest BCUT2D eigenvalue weighted by Crippen LogP contribution is 2.37. The fourth-order valence-electron chi connectivity index (χ4n) is 8.16. The van der Waals surface area contributed by atoms with Crippen molar-refractivity contribution in [1.29, 1.82) is 0 Å². The number of unbranched alkanes of at least 4 members (excludes halogenated alkanes) is 12. The molecule has 0 radical (unpaired) electrons. The topological polar surface area (TPSA) is 105 Å². The van der Waals surface area contributed by atoms with Crippen LogP contribution in [0, 0.1) is 0 Å². The van der Waals surface area contributed by atoms with Crippen LogP contribution in [0.15, 0.2) is 0 Å². The Kier molecular flexibility index (Phi) is 28.2. The molecule has 0 aromatic rings. The maximum Gasteiger partial charge on any atom is 0.317 e. The minimum Gasteiger partial charge on any atom is -0.456 e. The molecular formula is C40H98O9Si8. The van der Waals surface area contributed by atoms with Gasteiger partial charge in [-0.2, -0.15) is 0 Å². The average Bonchev–Trinajstić information content (AvgIpc) is 3.00. The van der Waals surface area contributed by atoms with Crippen molar-refractivity contribution in [2.75, 3.05) is 13.2 Å². The molecule has 344 valence electrons. The van der Waals surface area contributed by atoms with E-state index in [1.54, 1.807) is 0 Å². The van der Waals surface area contributed by atoms with Crippen LogP contribution in [0.25, 0.3) is 0 Å². The molecule has 0 rings (SSSR count). The van der Waals surface area contributed by atoms with Crippen molar-refractivity contribution in [3.05, 3.63) is 0 Å². The Morgan fingerprint density at radius 2 is 0.772 bits per heavy atom. The minimum absolute atomic E-state index is 0.0964. The van der Waals surface area contributed by atoms with Crippen LogP contribution in [0.4, 0.5) is 0 Å². The summed E-state index contributed by atoms with van der Waals surface area (Å²) in [4.78, 5) is 0. The number of aliphatic hydroxyl groups is 2. The highest BCUT2D eigenvalue weighted by atomic mass is 28.5. The van der Waals surface area contributed by atoms with Gasteiger partial charge in [-0.3, -0.25) is 0 Å². The smallest absolute Gasteiger partial charge is 0.317 e. The third kappa shape index (κ3) is 32.7. The van der Waals surface area contributed by atoms with Gasteiger partial charge in [0.1, 0.15) is 0 Å². The molecule has 0 aromatic carbocycles. The van der Waals surface area contributed by atoms with Gasteiger partial charge >= 0.3 is 34.2 Å². The summed E-state index contributed by atoms with van der Waals surface area (Å²) in [5, 5.41) is 18.7. The monoisotopic (exact) mass is 947 g/mol. The molecule has 0 aliphatic rings. The molecule has 3 unspecified atom stereocenters. The maximum atomic E-state index is 9.34. The lowest BCUT2D eigenvalue weighted by Crippen LogP contribution is -2.62. The quantitative estimate of drug-likeness (QED) is 0.0358. The molecule has 0 aliphatic carbocycles. The molecule has 0 bridgehead atoms. The first kappa shape index (κ1) is 58.4. The van der Waals surface area contributed by atoms with Crippen molar-refractivity contribution >= 4 is 67.5 Å². The van der Waals surface area contributed by atoms with Crippen LogP contribution < -0.4 is 0 Å². The Labute approximate surface area is 363 Å². The van der Waals surface area contributed by atoms with Crippen molar-refractivity contribution in [3.63, 3.8) is 0 Å². The van der Waals surface area contributed by atoms with Crippen LogP contribution in [0.5, 0.6) is 0 Å². The van der Waals surface area contributed by atoms with Gasteiger partial charge in [0.25, 0.3) is 0 Å². The molecule has 0 fully saturated rings. The van der Waals surface area contributed by atoms with Gasteiger partial charge in [-0.1, -0.05) is 104 Å². The molecule has 57 heavy (non-hydrogen) atoms. The number of hydrogen-bond donors (Lipinski definition) is 2. The first-order chi connectivity index (χ1) is 26.0. The second-order valence-electron chi connectivity index (χ2n) is 21.1. The summed E-state index contributed by atoms with van der Waals surface area (Å²) in [5.41, 5.74) is 0. The summed E-state index contributed by atoms with van der Waals surface area (Å²) in [7, 11) is -18.8. The molecule has 0 spiro atoms. The summed E-state index contributed by atoms with van der Waals surface area (Å²) in [5.74, 6) is 0. The van der Waals surface area contributed by atoms with Crippen LogP contribution in [0.3, 0.4) is 0 Å². The van der Waals surface area contributed by atoms with Gasteiger partial charge in [0.15, 0.2) is 39.6 Å². The van der Waals surface area contributed by atoms with Crippen LogP contribution in [0.2, 0.25) is 128 Å². The van der Waals surface area contributed by atoms with E-state index in [2.05, 4.69) is 112 Å². The number of aliphatic hydroxyl groups excluding tert-OH is 1. The summed E-state index contributed by atoms with van der Waals surface area (Å²) in [6, 6.07) is 4.69. The van der Waals surface area contributed by atoms with E-state index in [-0.39, 0.29) is 6.61 Å². The van der Waals surface area contributed by atoms with Crippen molar-refractivity contribution in [2.45, 2.75) is 245 Å². The zero-order chi connectivity index (χ0) is 44.1. The van der Waals surface area contributed by atoms with Crippen LogP contribution >= 0.6 is 0 Å². The summed E-state index contributed by atoms with van der Waals surface area (Å²) < 4.78 is 49.2. The standard InChI is InChI=1S/C40H98O9Si8/c1-18-20-22-23-24-25-26-27-28-29-30-31-35-56(16,47-54(13,14)44-50(3,4)5)49-57(17,38-37-53(11,12)46-52(9,10)34-21-19-2)48-55(15,45-51(6,7)8)36-32-33-43-39-40(41)42/h40-42H,18-39H2,1-17H3. The molecule has 3 atom stereocenters. The highest BCUT2D eigenvalue weighted by Gasteiger charge is 2.52. The van der Waals surface area contributed by atoms with Crippen LogP contribution in [-0.2, 0) is 29.4 Å². The lowest BCUT2D eigenvalue weighted by molar-refractivity contribution is -0.0945. The van der Waals surface area contributed by atoms with E-state index >= 15 is 0 Å². The van der Waals surface area contributed by atoms with Crippen molar-refractivity contribution in [1.82, 2.24) is 0 Å². The van der Waals surface area contributed by atoms with Gasteiger partial charge in [0.2, 0.25) is 0 Å². The molecule has 17 heteroatoms. The normalized spacial score (nSPS) is 16.8. The van der Waals surface area contributed by atoms with E-state index in [4.69, 9.17) is 29.4 Å². The fourth-order valence-corrected chi connectivity index (χ4v) is 49.2. The van der Waals surface area contributed by atoms with Crippen molar-refractivity contribution < 1.29 is 39.6 Å². The zero-order valence-corrected chi connectivity index (χ0v) is 48.9. The molecule has 0 saturated heterocycles. The van der Waals surface area contributed by atoms with Gasteiger partial charge in [-0.25, -0.2) is 0 Å². The molecule has 2 N–H and O–H groups in total. The molecule has 0 saturated carbocycles. The Morgan fingerprint density at radius 3 is 1.23 bits per heavy atom. The second-order valence-corrected chi connectivity index (χ2v) is 53.5. The van der Waals surface area contributed by atoms with E-state index in [9.17, 15) is 10.2 Å². The van der Waals surface area contributed by atoms with E-state index in [0.29, 0.717) is 6.61 Å². The van der Waals surface area contributed by atoms with E-state index in [1.807, 2.05) is 0 Å². The minimum atomic E-state index is -2.96. The Morgan fingerprint density at radius 1 is 0.368 bits per heavy atom. The van der Waals surface area contributed by atoms with Crippen LogP contribution in [0.1, 0.15) is 110 Å². The third-order valence-corrected chi connectivity index (χ3v) is 40.7. The SMILES string of the molecule is CCCCCCCCCCCCCC[Si](C)(O[Si](C)(C)O[Si](C)(C)C)O[Si](C)(CC[Si](C)(C)O[Si](C)(C)CCCC)O[Si](C)(CCCOCC(O)O)O[Si](C)(C)C. The third-order valence-electron chi connectivity index (χ3n) is 9.94. The van der Waals surface area contributed by atoms with Gasteiger partial charge in [0.05, 0.1) is 6.61 Å². The fraction of sp³-hybridized carbons (Fsp3) is 1.00. The average molecular weight is 948 g/mol. The van der Waals surface area contributed by atoms with E-state index in [0.717, 1.165) is 37.0 Å². The van der Waals surface area contributed by atoms with E-state index < -0.39 is 73.8 Å². The molecule has 0 aromatic heterocycles. The van der Waals surface area contributed by atoms with Crippen molar-refractivity contribution in [2.24, 2.45) is 0 Å². The highest BCUT2D eigenvalue weighted by molar-refractivity contribution is 6.93. The first-order valence-electron chi connectivity index (χ1n) is 23.1.